The summed E-state index contributed by atoms with van der Waals surface area (Å²) in [4.78, 5) is 12.3. The second-order valence-corrected chi connectivity index (χ2v) is 9.73. The lowest BCUT2D eigenvalue weighted by Gasteiger charge is -2.08. The van der Waals surface area contributed by atoms with Gasteiger partial charge in [-0.2, -0.15) is 18.3 Å². The van der Waals surface area contributed by atoms with Gasteiger partial charge in [0.25, 0.3) is 0 Å². The van der Waals surface area contributed by atoms with Gasteiger partial charge in [0.15, 0.2) is 0 Å². The molecule has 1 amide bonds. The molecule has 182 valence electrons. The Morgan fingerprint density at radius 3 is 2.40 bits per heavy atom. The first-order valence-corrected chi connectivity index (χ1v) is 12.1. The van der Waals surface area contributed by atoms with E-state index < -0.39 is 27.7 Å². The molecule has 1 aromatic heterocycles. The van der Waals surface area contributed by atoms with Crippen LogP contribution in [-0.4, -0.2) is 24.1 Å². The van der Waals surface area contributed by atoms with Gasteiger partial charge in [-0.05, 0) is 41.5 Å². The van der Waals surface area contributed by atoms with Crippen LogP contribution in [0, 0.1) is 0 Å². The summed E-state index contributed by atoms with van der Waals surface area (Å²) in [6.45, 7) is 0.0884. The smallest absolute Gasteiger partial charge is 0.326 e. The van der Waals surface area contributed by atoms with Crippen LogP contribution in [0.5, 0.6) is 0 Å². The molecule has 7 nitrogen and oxygen atoms in total. The molecule has 0 fully saturated rings. The van der Waals surface area contributed by atoms with Crippen molar-refractivity contribution >= 4 is 44.1 Å². The van der Waals surface area contributed by atoms with Crippen LogP contribution in [0.15, 0.2) is 71.8 Å². The highest BCUT2D eigenvalue weighted by Gasteiger charge is 2.30. The molecule has 4 rings (SSSR count). The van der Waals surface area contributed by atoms with Gasteiger partial charge in [-0.15, -0.1) is 0 Å². The molecule has 0 unspecified atom stereocenters. The van der Waals surface area contributed by atoms with Crippen molar-refractivity contribution in [2.24, 2.45) is 5.14 Å². The summed E-state index contributed by atoms with van der Waals surface area (Å²) in [6.07, 6.45) is -3.05. The molecule has 0 atom stereocenters. The first kappa shape index (κ1) is 24.7. The standard InChI is InChI=1S/C23H18ClF3N4O3S/c24-19-4-2-1-3-15(19)9-22(32)29-17-10-20-18(21(11-17)35(28,33)34)13-31(30-20)12-14-5-7-16(8-6-14)23(25,26)27/h1-8,10-11,13H,9,12H2,(H,29,32)(H2,28,33,34). The van der Waals surface area contributed by atoms with Crippen molar-refractivity contribution in [1.82, 2.24) is 9.78 Å². The van der Waals surface area contributed by atoms with Gasteiger partial charge in [-0.1, -0.05) is 41.9 Å². The van der Waals surface area contributed by atoms with E-state index in [1.807, 2.05) is 0 Å². The Kier molecular flexibility index (Phi) is 6.58. The monoisotopic (exact) mass is 522 g/mol. The number of anilines is 1. The molecular weight excluding hydrogens is 505 g/mol. The Bertz CT molecular complexity index is 1520. The molecule has 0 bridgehead atoms. The Morgan fingerprint density at radius 1 is 1.09 bits per heavy atom. The van der Waals surface area contributed by atoms with Crippen molar-refractivity contribution in [3.63, 3.8) is 0 Å². The van der Waals surface area contributed by atoms with Crippen LogP contribution < -0.4 is 10.5 Å². The first-order valence-electron chi connectivity index (χ1n) is 10.1. The topological polar surface area (TPSA) is 107 Å². The number of aromatic nitrogens is 2. The van der Waals surface area contributed by atoms with Crippen LogP contribution in [-0.2, 0) is 34.0 Å². The minimum Gasteiger partial charge on any atom is -0.326 e. The van der Waals surface area contributed by atoms with E-state index in [4.69, 9.17) is 16.7 Å². The SMILES string of the molecule is NS(=O)(=O)c1cc(NC(=O)Cc2ccccc2Cl)cc2nn(Cc3ccc(C(F)(F)F)cc3)cc12. The van der Waals surface area contributed by atoms with Gasteiger partial charge >= 0.3 is 6.18 Å². The average Bonchev–Trinajstić information content (AvgIpc) is 3.16. The summed E-state index contributed by atoms with van der Waals surface area (Å²) in [5.41, 5.74) is 0.742. The van der Waals surface area contributed by atoms with Gasteiger partial charge in [-0.25, -0.2) is 13.6 Å². The van der Waals surface area contributed by atoms with Crippen LogP contribution in [0.2, 0.25) is 5.02 Å². The number of primary sulfonamides is 1. The largest absolute Gasteiger partial charge is 0.416 e. The molecule has 0 aliphatic carbocycles. The summed E-state index contributed by atoms with van der Waals surface area (Å²) in [7, 11) is -4.19. The minimum atomic E-state index is -4.45. The van der Waals surface area contributed by atoms with Crippen LogP contribution in [0.25, 0.3) is 10.9 Å². The molecule has 0 saturated carbocycles. The average molecular weight is 523 g/mol. The molecule has 0 radical (unpaired) electrons. The fourth-order valence-corrected chi connectivity index (χ4v) is 4.49. The number of carbonyl (C=O) groups excluding carboxylic acids is 1. The molecule has 3 N–H and O–H groups in total. The van der Waals surface area contributed by atoms with Crippen molar-refractivity contribution in [3.05, 3.63) is 88.6 Å². The number of nitrogens with one attached hydrogen (secondary N) is 1. The third kappa shape index (κ3) is 5.81. The fraction of sp³-hybridized carbons (Fsp3) is 0.130. The Morgan fingerprint density at radius 2 is 1.77 bits per heavy atom. The predicted molar refractivity (Wildman–Crippen MR) is 125 cm³/mol. The van der Waals surface area contributed by atoms with E-state index in [0.717, 1.165) is 12.1 Å². The van der Waals surface area contributed by atoms with Gasteiger partial charge < -0.3 is 5.32 Å². The van der Waals surface area contributed by atoms with Crippen molar-refractivity contribution in [3.8, 4) is 0 Å². The van der Waals surface area contributed by atoms with Crippen LogP contribution in [0.1, 0.15) is 16.7 Å². The number of nitrogens with two attached hydrogens (primary N) is 1. The Hall–Kier alpha value is -3.41. The zero-order chi connectivity index (χ0) is 25.4. The van der Waals surface area contributed by atoms with Gasteiger partial charge in [0.2, 0.25) is 15.9 Å². The van der Waals surface area contributed by atoms with Crippen LogP contribution in [0.3, 0.4) is 0 Å². The molecule has 0 aliphatic heterocycles. The maximum atomic E-state index is 12.8. The maximum absolute atomic E-state index is 12.8. The number of hydrogen-bond acceptors (Lipinski definition) is 4. The highest BCUT2D eigenvalue weighted by atomic mass is 35.5. The van der Waals surface area contributed by atoms with E-state index in [1.165, 1.54) is 35.1 Å². The number of sulfonamides is 1. The summed E-state index contributed by atoms with van der Waals surface area (Å²) in [5.74, 6) is -0.429. The molecule has 0 spiro atoms. The zero-order valence-electron chi connectivity index (χ0n) is 17.9. The molecule has 4 aromatic rings. The number of alkyl halides is 3. The second-order valence-electron chi connectivity index (χ2n) is 7.79. The van der Waals surface area contributed by atoms with Crippen molar-refractivity contribution in [2.75, 3.05) is 5.32 Å². The van der Waals surface area contributed by atoms with Gasteiger partial charge in [0.1, 0.15) is 0 Å². The lowest BCUT2D eigenvalue weighted by Crippen LogP contribution is -2.16. The zero-order valence-corrected chi connectivity index (χ0v) is 19.5. The number of rotatable bonds is 6. The number of carbonyl (C=O) groups is 1. The Balaban J connectivity index is 1.62. The Labute approximate surface area is 203 Å². The molecule has 35 heavy (non-hydrogen) atoms. The molecule has 0 saturated heterocycles. The number of amides is 1. The van der Waals surface area contributed by atoms with Gasteiger partial charge in [-0.3, -0.25) is 9.48 Å². The number of fused-ring (bicyclic) bond motifs is 1. The molecule has 0 aliphatic rings. The number of halogens is 4. The maximum Gasteiger partial charge on any atom is 0.416 e. The van der Waals surface area contributed by atoms with Gasteiger partial charge in [0, 0.05) is 22.3 Å². The predicted octanol–water partition coefficient (Wildman–Crippen LogP) is 4.59. The normalized spacial score (nSPS) is 12.1. The molecular formula is C23H18ClF3N4O3S. The van der Waals surface area contributed by atoms with E-state index in [2.05, 4.69) is 10.4 Å². The quantitative estimate of drug-likeness (QED) is 0.386. The van der Waals surface area contributed by atoms with E-state index in [0.29, 0.717) is 16.1 Å². The number of hydrogen-bond donors (Lipinski definition) is 2. The summed E-state index contributed by atoms with van der Waals surface area (Å²) in [5, 5.41) is 13.0. The van der Waals surface area contributed by atoms with E-state index >= 15 is 0 Å². The third-order valence-electron chi connectivity index (χ3n) is 5.16. The van der Waals surface area contributed by atoms with E-state index in [1.54, 1.807) is 24.3 Å². The van der Waals surface area contributed by atoms with Crippen molar-refractivity contribution in [1.29, 1.82) is 0 Å². The lowest BCUT2D eigenvalue weighted by molar-refractivity contribution is -0.137. The minimum absolute atomic E-state index is 0.0369. The van der Waals surface area contributed by atoms with Crippen molar-refractivity contribution in [2.45, 2.75) is 24.0 Å². The van der Waals surface area contributed by atoms with E-state index in [9.17, 15) is 26.4 Å². The number of benzene rings is 3. The lowest BCUT2D eigenvalue weighted by atomic mass is 10.1. The molecule has 1 heterocycles. The second kappa shape index (κ2) is 9.33. The van der Waals surface area contributed by atoms with Crippen LogP contribution in [0.4, 0.5) is 18.9 Å². The third-order valence-corrected chi connectivity index (χ3v) is 6.48. The van der Waals surface area contributed by atoms with Gasteiger partial charge in [0.05, 0.1) is 28.9 Å². The van der Waals surface area contributed by atoms with E-state index in [-0.39, 0.29) is 34.5 Å². The highest BCUT2D eigenvalue weighted by Crippen LogP contribution is 2.30. The fourth-order valence-electron chi connectivity index (χ4n) is 3.54. The molecule has 3 aromatic carbocycles. The van der Waals surface area contributed by atoms with Crippen molar-refractivity contribution < 1.29 is 26.4 Å². The summed E-state index contributed by atoms with van der Waals surface area (Å²) < 4.78 is 64.2. The van der Waals surface area contributed by atoms with Crippen LogP contribution >= 0.6 is 11.6 Å². The number of nitrogens with zero attached hydrogens (tertiary/aromatic N) is 2. The highest BCUT2D eigenvalue weighted by molar-refractivity contribution is 7.89. The summed E-state index contributed by atoms with van der Waals surface area (Å²) in [6, 6.07) is 14.1. The first-order chi connectivity index (χ1) is 16.4. The molecule has 12 heteroatoms. The summed E-state index contributed by atoms with van der Waals surface area (Å²) >= 11 is 6.09.